The maximum absolute atomic E-state index is 13.5. The fourth-order valence-corrected chi connectivity index (χ4v) is 14.1. The lowest BCUT2D eigenvalue weighted by Gasteiger charge is -2.40. The summed E-state index contributed by atoms with van der Waals surface area (Å²) in [5.74, 6) is 4.54. The lowest BCUT2D eigenvalue weighted by molar-refractivity contribution is -0.122. The number of rotatable bonds is 24. The SMILES string of the molecule is CNC1CCC(CC2CCC(NC(=O)c3ccc4c(c3)C(=O)N(CCCCCCCCCCCC(=O)NC3CCC(CC5CCC(NC(O)c6cccc(C(C)=O)c6)C(C)C5)CC3C)C4=O)C(C)C2)CC1C. The monoisotopic (exact) mass is 992 g/mol. The van der Waals surface area contributed by atoms with Crippen LogP contribution in [0.4, 0.5) is 0 Å². The molecule has 13 unspecified atom stereocenters. The second kappa shape index (κ2) is 27.0. The Hall–Kier alpha value is -3.93. The minimum atomic E-state index is -0.776. The van der Waals surface area contributed by atoms with Gasteiger partial charge in [-0.25, -0.2) is 0 Å². The molecule has 4 aliphatic carbocycles. The number of carbonyl (C=O) groups excluding carboxylic acids is 5. The summed E-state index contributed by atoms with van der Waals surface area (Å²) in [6, 6.07) is 13.6. The Bertz CT molecular complexity index is 2130. The minimum absolute atomic E-state index is 0.00524. The van der Waals surface area contributed by atoms with E-state index < -0.39 is 6.23 Å². The van der Waals surface area contributed by atoms with E-state index in [9.17, 15) is 29.1 Å². The number of Topliss-reactive ketones (excluding diaryl/α,β-unsaturated/α-hetero) is 1. The highest BCUT2D eigenvalue weighted by molar-refractivity contribution is 6.22. The summed E-state index contributed by atoms with van der Waals surface area (Å²) in [4.78, 5) is 66.3. The van der Waals surface area contributed by atoms with Gasteiger partial charge < -0.3 is 21.1 Å². The average molecular weight is 992 g/mol. The van der Waals surface area contributed by atoms with Gasteiger partial charge in [0.15, 0.2) is 5.78 Å². The standard InChI is InChI=1S/C61H93N5O6/c1-39-31-44(20-26-53(39)62-6)35-46-23-29-56(42(4)34-46)65-59(70)50-24-25-51-52(38-50)61(72)66(60(51)71)30-15-13-11-9-7-8-10-12-14-19-57(68)63-54-27-21-45(32-40(54)2)36-47-22-28-55(41(3)33-47)64-58(69)49-18-16-17-48(37-49)43(5)67/h16-18,24-25,37-42,44-47,53-56,58,62,64,69H,7-15,19-23,26-36H2,1-6H3,(H,63,68)(H,65,70). The van der Waals surface area contributed by atoms with Crippen molar-refractivity contribution in [2.24, 2.45) is 47.3 Å². The smallest absolute Gasteiger partial charge is 0.261 e. The topological polar surface area (TPSA) is 157 Å². The van der Waals surface area contributed by atoms with Gasteiger partial charge in [0.05, 0.1) is 11.1 Å². The van der Waals surface area contributed by atoms with Gasteiger partial charge in [-0.3, -0.25) is 34.2 Å². The van der Waals surface area contributed by atoms with E-state index in [1.165, 1.54) is 56.3 Å². The summed E-state index contributed by atoms with van der Waals surface area (Å²) in [5.41, 5.74) is 2.57. The number of nitrogens with zero attached hydrogens (tertiary/aromatic N) is 1. The average Bonchev–Trinajstić information content (AvgIpc) is 3.59. The zero-order valence-corrected chi connectivity index (χ0v) is 45.2. The Kier molecular flexibility index (Phi) is 21.0. The van der Waals surface area contributed by atoms with Crippen LogP contribution < -0.4 is 21.3 Å². The second-order valence-corrected chi connectivity index (χ2v) is 24.1. The molecule has 0 radical (unpaired) electrons. The molecule has 2 aromatic carbocycles. The summed E-state index contributed by atoms with van der Waals surface area (Å²) < 4.78 is 0. The fraction of sp³-hybridized carbons (Fsp3) is 0.721. The van der Waals surface area contributed by atoms with Crippen LogP contribution in [0.3, 0.4) is 0 Å². The Labute approximate surface area is 433 Å². The number of hydrogen-bond acceptors (Lipinski definition) is 8. The van der Waals surface area contributed by atoms with Crippen molar-refractivity contribution < 1.29 is 29.1 Å². The highest BCUT2D eigenvalue weighted by Gasteiger charge is 2.38. The summed E-state index contributed by atoms with van der Waals surface area (Å²) in [6.07, 6.45) is 25.7. The lowest BCUT2D eigenvalue weighted by atomic mass is 9.70. The Morgan fingerprint density at radius 2 is 1.08 bits per heavy atom. The van der Waals surface area contributed by atoms with Gasteiger partial charge in [-0.05, 0) is 194 Å². The Balaban J connectivity index is 0.692. The molecule has 11 nitrogen and oxygen atoms in total. The predicted molar refractivity (Wildman–Crippen MR) is 288 cm³/mol. The molecule has 7 rings (SSSR count). The molecule has 398 valence electrons. The van der Waals surface area contributed by atoms with Gasteiger partial charge in [0.2, 0.25) is 5.91 Å². The number of fused-ring (bicyclic) bond motifs is 1. The van der Waals surface area contributed by atoms with Gasteiger partial charge in [0.25, 0.3) is 17.7 Å². The highest BCUT2D eigenvalue weighted by atomic mass is 16.3. The molecule has 0 saturated heterocycles. The molecule has 0 bridgehead atoms. The normalized spacial score (nSPS) is 30.2. The van der Waals surface area contributed by atoms with E-state index in [1.54, 1.807) is 37.3 Å². The molecule has 5 aliphatic rings. The van der Waals surface area contributed by atoms with Crippen molar-refractivity contribution in [1.29, 1.82) is 0 Å². The van der Waals surface area contributed by atoms with Gasteiger partial charge in [0, 0.05) is 48.3 Å². The van der Waals surface area contributed by atoms with Gasteiger partial charge in [-0.1, -0.05) is 90.8 Å². The summed E-state index contributed by atoms with van der Waals surface area (Å²) >= 11 is 0. The third-order valence-corrected chi connectivity index (χ3v) is 18.5. The number of imide groups is 1. The van der Waals surface area contributed by atoms with E-state index in [1.807, 2.05) is 12.1 Å². The van der Waals surface area contributed by atoms with Crippen molar-refractivity contribution in [2.75, 3.05) is 13.6 Å². The predicted octanol–water partition coefficient (Wildman–Crippen LogP) is 11.7. The molecule has 4 fully saturated rings. The van der Waals surface area contributed by atoms with Crippen LogP contribution in [0.2, 0.25) is 0 Å². The fourth-order valence-electron chi connectivity index (χ4n) is 14.1. The molecule has 4 amide bonds. The first-order valence-electron chi connectivity index (χ1n) is 29.0. The van der Waals surface area contributed by atoms with Crippen molar-refractivity contribution in [3.63, 3.8) is 0 Å². The summed E-state index contributed by atoms with van der Waals surface area (Å²) in [5, 5.41) is 24.5. The van der Waals surface area contributed by atoms with E-state index in [0.717, 1.165) is 120 Å². The molecule has 0 aromatic heterocycles. The first kappa shape index (κ1) is 55.8. The number of amides is 4. The van der Waals surface area contributed by atoms with E-state index in [4.69, 9.17) is 0 Å². The maximum Gasteiger partial charge on any atom is 0.261 e. The Morgan fingerprint density at radius 3 is 1.62 bits per heavy atom. The van der Waals surface area contributed by atoms with Crippen molar-refractivity contribution in [2.45, 2.75) is 219 Å². The molecule has 2 aromatic rings. The molecule has 11 heteroatoms. The van der Waals surface area contributed by atoms with Crippen LogP contribution in [0, 0.1) is 47.3 Å². The third-order valence-electron chi connectivity index (χ3n) is 18.5. The van der Waals surface area contributed by atoms with Crippen molar-refractivity contribution in [3.8, 4) is 0 Å². The van der Waals surface area contributed by atoms with Gasteiger partial charge in [-0.15, -0.1) is 0 Å². The van der Waals surface area contributed by atoms with Gasteiger partial charge >= 0.3 is 0 Å². The van der Waals surface area contributed by atoms with E-state index in [-0.39, 0.29) is 47.5 Å². The number of carbonyl (C=O) groups is 5. The number of hydrogen-bond donors (Lipinski definition) is 5. The van der Waals surface area contributed by atoms with Crippen LogP contribution in [0.5, 0.6) is 0 Å². The first-order chi connectivity index (χ1) is 34.7. The quantitative estimate of drug-likeness (QED) is 0.0301. The second-order valence-electron chi connectivity index (χ2n) is 24.1. The molecular weight excluding hydrogens is 899 g/mol. The van der Waals surface area contributed by atoms with Crippen LogP contribution in [0.15, 0.2) is 42.5 Å². The number of ketones is 1. The highest BCUT2D eigenvalue weighted by Crippen LogP contribution is 2.41. The molecule has 1 heterocycles. The van der Waals surface area contributed by atoms with Crippen LogP contribution in [-0.2, 0) is 4.79 Å². The van der Waals surface area contributed by atoms with Crippen LogP contribution in [0.25, 0.3) is 0 Å². The lowest BCUT2D eigenvalue weighted by Crippen LogP contribution is -2.43. The molecule has 4 saturated carbocycles. The Morgan fingerprint density at radius 1 is 0.583 bits per heavy atom. The number of benzene rings is 2. The number of aliphatic hydroxyl groups excluding tert-OH is 1. The molecule has 13 atom stereocenters. The summed E-state index contributed by atoms with van der Waals surface area (Å²) in [6.45, 7) is 11.2. The zero-order chi connectivity index (χ0) is 51.3. The van der Waals surface area contributed by atoms with Crippen molar-refractivity contribution in [1.82, 2.24) is 26.2 Å². The van der Waals surface area contributed by atoms with E-state index in [2.05, 4.69) is 56.0 Å². The summed E-state index contributed by atoms with van der Waals surface area (Å²) in [7, 11) is 2.09. The van der Waals surface area contributed by atoms with Crippen molar-refractivity contribution in [3.05, 3.63) is 70.3 Å². The number of nitrogens with one attached hydrogen (secondary N) is 4. The molecule has 1 aliphatic heterocycles. The van der Waals surface area contributed by atoms with Crippen molar-refractivity contribution >= 4 is 29.4 Å². The molecule has 5 N–H and O–H groups in total. The van der Waals surface area contributed by atoms with Gasteiger partial charge in [0.1, 0.15) is 6.23 Å². The molecular formula is C61H93N5O6. The number of aliphatic hydroxyl groups is 1. The van der Waals surface area contributed by atoms with E-state index >= 15 is 0 Å². The van der Waals surface area contributed by atoms with Crippen LogP contribution in [-0.4, -0.2) is 77.2 Å². The largest absolute Gasteiger partial charge is 0.374 e. The molecule has 72 heavy (non-hydrogen) atoms. The minimum Gasteiger partial charge on any atom is -0.374 e. The maximum atomic E-state index is 13.5. The first-order valence-corrected chi connectivity index (χ1v) is 29.0. The van der Waals surface area contributed by atoms with Crippen LogP contribution >= 0.6 is 0 Å². The zero-order valence-electron chi connectivity index (χ0n) is 45.2. The van der Waals surface area contributed by atoms with Crippen LogP contribution in [0.1, 0.15) is 242 Å². The number of unbranched alkanes of at least 4 members (excludes halogenated alkanes) is 8. The van der Waals surface area contributed by atoms with E-state index in [0.29, 0.717) is 70.9 Å². The molecule has 0 spiro atoms. The third kappa shape index (κ3) is 15.3. The van der Waals surface area contributed by atoms with Gasteiger partial charge in [-0.2, -0.15) is 0 Å².